The predicted octanol–water partition coefficient (Wildman–Crippen LogP) is 4.79. The van der Waals surface area contributed by atoms with Gasteiger partial charge in [-0.05, 0) is 42.9 Å². The number of benzene rings is 2. The lowest BCUT2D eigenvalue weighted by molar-refractivity contribution is 0.0688. The van der Waals surface area contributed by atoms with E-state index in [2.05, 4.69) is 24.3 Å². The molecule has 2 aromatic carbocycles. The lowest BCUT2D eigenvalue weighted by Gasteiger charge is -2.32. The van der Waals surface area contributed by atoms with Gasteiger partial charge in [-0.3, -0.25) is 4.79 Å². The molecule has 3 nitrogen and oxygen atoms in total. The summed E-state index contributed by atoms with van der Waals surface area (Å²) in [6.07, 6.45) is 2.94. The van der Waals surface area contributed by atoms with E-state index in [-0.39, 0.29) is 22.2 Å². The van der Waals surface area contributed by atoms with Crippen LogP contribution in [0.3, 0.4) is 0 Å². The third-order valence-electron chi connectivity index (χ3n) is 4.52. The summed E-state index contributed by atoms with van der Waals surface area (Å²) in [4.78, 5) is 14.4. The van der Waals surface area contributed by atoms with E-state index < -0.39 is 0 Å². The first kappa shape index (κ1) is 17.1. The Labute approximate surface area is 151 Å². The SMILES string of the molecule is O=C(c1c(O)cc(Cl)cc1Cl)N1CCC(Cc2ccccc2)CC1. The highest BCUT2D eigenvalue weighted by Crippen LogP contribution is 2.32. The van der Waals surface area contributed by atoms with Gasteiger partial charge in [0.05, 0.1) is 10.6 Å². The van der Waals surface area contributed by atoms with Crippen molar-refractivity contribution >= 4 is 29.1 Å². The highest BCUT2D eigenvalue weighted by molar-refractivity contribution is 6.37. The van der Waals surface area contributed by atoms with Crippen molar-refractivity contribution in [3.8, 4) is 5.75 Å². The smallest absolute Gasteiger partial charge is 0.259 e. The maximum absolute atomic E-state index is 12.7. The van der Waals surface area contributed by atoms with Crippen LogP contribution in [0.2, 0.25) is 10.0 Å². The Hall–Kier alpha value is -1.71. The third-order valence-corrected chi connectivity index (χ3v) is 5.03. The van der Waals surface area contributed by atoms with Crippen LogP contribution in [-0.2, 0) is 6.42 Å². The van der Waals surface area contributed by atoms with Crippen molar-refractivity contribution < 1.29 is 9.90 Å². The molecule has 0 bridgehead atoms. The van der Waals surface area contributed by atoms with Gasteiger partial charge < -0.3 is 10.0 Å². The Morgan fingerprint density at radius 2 is 1.79 bits per heavy atom. The van der Waals surface area contributed by atoms with E-state index in [4.69, 9.17) is 23.2 Å². The van der Waals surface area contributed by atoms with E-state index in [0.29, 0.717) is 24.0 Å². The van der Waals surface area contributed by atoms with E-state index >= 15 is 0 Å². The molecule has 0 atom stereocenters. The summed E-state index contributed by atoms with van der Waals surface area (Å²) in [6, 6.07) is 13.2. The summed E-state index contributed by atoms with van der Waals surface area (Å²) in [5, 5.41) is 10.5. The van der Waals surface area contributed by atoms with Gasteiger partial charge in [0, 0.05) is 18.1 Å². The summed E-state index contributed by atoms with van der Waals surface area (Å²) in [5.41, 5.74) is 1.48. The van der Waals surface area contributed by atoms with Crippen LogP contribution in [0.25, 0.3) is 0 Å². The number of carbonyl (C=O) groups excluding carboxylic acids is 1. The first-order chi connectivity index (χ1) is 11.5. The van der Waals surface area contributed by atoms with Gasteiger partial charge in [-0.25, -0.2) is 0 Å². The Morgan fingerprint density at radius 3 is 2.42 bits per heavy atom. The molecule has 0 radical (unpaired) electrons. The van der Waals surface area contributed by atoms with Gasteiger partial charge in [0.2, 0.25) is 0 Å². The second-order valence-corrected chi connectivity index (χ2v) is 7.05. The van der Waals surface area contributed by atoms with Crippen LogP contribution in [0.4, 0.5) is 0 Å². The Kier molecular flexibility index (Phi) is 5.32. The zero-order chi connectivity index (χ0) is 17.1. The van der Waals surface area contributed by atoms with Crippen LogP contribution in [0.15, 0.2) is 42.5 Å². The zero-order valence-corrected chi connectivity index (χ0v) is 14.7. The van der Waals surface area contributed by atoms with E-state index in [1.165, 1.54) is 17.7 Å². The van der Waals surface area contributed by atoms with Crippen LogP contribution in [-0.4, -0.2) is 29.0 Å². The lowest BCUT2D eigenvalue weighted by atomic mass is 9.90. The fraction of sp³-hybridized carbons (Fsp3) is 0.316. The molecule has 1 saturated heterocycles. The number of hydrogen-bond acceptors (Lipinski definition) is 2. The molecule has 0 unspecified atom stereocenters. The summed E-state index contributed by atoms with van der Waals surface area (Å²) in [7, 11) is 0. The van der Waals surface area contributed by atoms with Crippen molar-refractivity contribution in [3.63, 3.8) is 0 Å². The first-order valence-electron chi connectivity index (χ1n) is 8.06. The molecule has 5 heteroatoms. The molecule has 1 heterocycles. The van der Waals surface area contributed by atoms with Gasteiger partial charge in [0.25, 0.3) is 5.91 Å². The van der Waals surface area contributed by atoms with E-state index in [9.17, 15) is 9.90 Å². The number of piperidine rings is 1. The zero-order valence-electron chi connectivity index (χ0n) is 13.2. The average Bonchev–Trinajstić information content (AvgIpc) is 2.55. The fourth-order valence-corrected chi connectivity index (χ4v) is 3.78. The minimum Gasteiger partial charge on any atom is -0.507 e. The van der Waals surface area contributed by atoms with Crippen LogP contribution in [0, 0.1) is 5.92 Å². The normalized spacial score (nSPS) is 15.5. The van der Waals surface area contributed by atoms with Crippen molar-refractivity contribution in [3.05, 3.63) is 63.6 Å². The van der Waals surface area contributed by atoms with Crippen molar-refractivity contribution in [1.82, 2.24) is 4.90 Å². The van der Waals surface area contributed by atoms with E-state index in [1.807, 2.05) is 6.07 Å². The van der Waals surface area contributed by atoms with Crippen molar-refractivity contribution in [2.75, 3.05) is 13.1 Å². The summed E-state index contributed by atoms with van der Waals surface area (Å²) < 4.78 is 0. The summed E-state index contributed by atoms with van der Waals surface area (Å²) >= 11 is 11.9. The first-order valence-corrected chi connectivity index (χ1v) is 8.81. The number of hydrogen-bond donors (Lipinski definition) is 1. The minimum atomic E-state index is -0.229. The Bertz CT molecular complexity index is 702. The molecule has 3 rings (SSSR count). The quantitative estimate of drug-likeness (QED) is 0.850. The molecular formula is C19H19Cl2NO2. The second kappa shape index (κ2) is 7.45. The molecule has 1 aliphatic heterocycles. The molecule has 1 fully saturated rings. The molecule has 2 aromatic rings. The second-order valence-electron chi connectivity index (χ2n) is 6.21. The molecule has 126 valence electrons. The summed E-state index contributed by atoms with van der Waals surface area (Å²) in [5.74, 6) is 0.182. The highest BCUT2D eigenvalue weighted by Gasteiger charge is 2.27. The third kappa shape index (κ3) is 3.85. The van der Waals surface area contributed by atoms with E-state index in [0.717, 1.165) is 19.3 Å². The summed E-state index contributed by atoms with van der Waals surface area (Å²) in [6.45, 7) is 1.35. The number of aromatic hydroxyl groups is 1. The molecular weight excluding hydrogens is 345 g/mol. The minimum absolute atomic E-state index is 0.141. The largest absolute Gasteiger partial charge is 0.507 e. The van der Waals surface area contributed by atoms with Gasteiger partial charge in [0.1, 0.15) is 5.75 Å². The highest BCUT2D eigenvalue weighted by atomic mass is 35.5. The number of halogens is 2. The standard InChI is InChI=1S/C19H19Cl2NO2/c20-15-11-16(21)18(17(23)12-15)19(24)22-8-6-14(7-9-22)10-13-4-2-1-3-5-13/h1-5,11-12,14,23H,6-10H2. The Balaban J connectivity index is 1.63. The van der Waals surface area contributed by atoms with Gasteiger partial charge in [-0.15, -0.1) is 0 Å². The molecule has 0 aromatic heterocycles. The topological polar surface area (TPSA) is 40.5 Å². The van der Waals surface area contributed by atoms with Crippen molar-refractivity contribution in [2.45, 2.75) is 19.3 Å². The molecule has 1 N–H and O–H groups in total. The average molecular weight is 364 g/mol. The van der Waals surface area contributed by atoms with Gasteiger partial charge >= 0.3 is 0 Å². The lowest BCUT2D eigenvalue weighted by Crippen LogP contribution is -2.39. The van der Waals surface area contributed by atoms with Gasteiger partial charge in [0.15, 0.2) is 0 Å². The number of phenolic OH excluding ortho intramolecular Hbond substituents is 1. The van der Waals surface area contributed by atoms with Crippen LogP contribution in [0.1, 0.15) is 28.8 Å². The molecule has 1 aliphatic rings. The maximum atomic E-state index is 12.7. The number of amides is 1. The molecule has 0 spiro atoms. The number of phenols is 1. The maximum Gasteiger partial charge on any atom is 0.259 e. The molecule has 1 amide bonds. The van der Waals surface area contributed by atoms with Crippen molar-refractivity contribution in [1.29, 1.82) is 0 Å². The molecule has 24 heavy (non-hydrogen) atoms. The van der Waals surface area contributed by atoms with Crippen LogP contribution in [0.5, 0.6) is 5.75 Å². The monoisotopic (exact) mass is 363 g/mol. The molecule has 0 saturated carbocycles. The predicted molar refractivity (Wildman–Crippen MR) is 96.9 cm³/mol. The number of rotatable bonds is 3. The number of likely N-dealkylation sites (tertiary alicyclic amines) is 1. The molecule has 0 aliphatic carbocycles. The van der Waals surface area contributed by atoms with E-state index in [1.54, 1.807) is 4.90 Å². The number of carbonyl (C=O) groups is 1. The van der Waals surface area contributed by atoms with Crippen LogP contribution < -0.4 is 0 Å². The number of nitrogens with zero attached hydrogens (tertiary/aromatic N) is 1. The Morgan fingerprint density at radius 1 is 1.12 bits per heavy atom. The van der Waals surface area contributed by atoms with Crippen LogP contribution >= 0.6 is 23.2 Å². The van der Waals surface area contributed by atoms with Gasteiger partial charge in [-0.1, -0.05) is 53.5 Å². The van der Waals surface area contributed by atoms with Crippen molar-refractivity contribution in [2.24, 2.45) is 5.92 Å². The fourth-order valence-electron chi connectivity index (χ4n) is 3.22. The van der Waals surface area contributed by atoms with Gasteiger partial charge in [-0.2, -0.15) is 0 Å².